The van der Waals surface area contributed by atoms with E-state index in [-0.39, 0.29) is 12.0 Å². The molecule has 1 fully saturated rings. The second kappa shape index (κ2) is 8.83. The molecule has 3 N–H and O–H groups in total. The Bertz CT molecular complexity index is 695. The minimum absolute atomic E-state index is 0.0405. The number of carbonyl (C=O) groups excluding carboxylic acids is 1. The maximum absolute atomic E-state index is 12.4. The minimum atomic E-state index is -0.554. The number of nitrogens with two attached hydrogens (primary N) is 1. The van der Waals surface area contributed by atoms with Crippen molar-refractivity contribution >= 4 is 5.91 Å². The van der Waals surface area contributed by atoms with Crippen LogP contribution in [0.3, 0.4) is 0 Å². The average molecular weight is 354 g/mol. The Hall–Kier alpha value is -2.37. The highest BCUT2D eigenvalue weighted by Gasteiger charge is 2.25. The molecule has 0 bridgehead atoms. The molecule has 2 aromatic rings. The number of piperidine rings is 1. The SMILES string of the molecule is NC(Cc1ccc(OCc2ccccc2)cc1)C(=O)N1CCC(O)CC1. The van der Waals surface area contributed by atoms with Gasteiger partial charge in [-0.05, 0) is 42.5 Å². The van der Waals surface area contributed by atoms with Crippen LogP contribution in [0, 0.1) is 0 Å². The molecule has 138 valence electrons. The summed E-state index contributed by atoms with van der Waals surface area (Å²) >= 11 is 0. The summed E-state index contributed by atoms with van der Waals surface area (Å²) < 4.78 is 5.77. The normalized spacial score (nSPS) is 16.3. The van der Waals surface area contributed by atoms with Crippen molar-refractivity contribution in [2.24, 2.45) is 5.73 Å². The Morgan fingerprint density at radius 1 is 1.08 bits per heavy atom. The number of amides is 1. The Morgan fingerprint density at radius 3 is 2.38 bits per heavy atom. The Labute approximate surface area is 154 Å². The summed E-state index contributed by atoms with van der Waals surface area (Å²) in [5.74, 6) is 0.754. The van der Waals surface area contributed by atoms with E-state index in [1.54, 1.807) is 4.90 Å². The summed E-state index contributed by atoms with van der Waals surface area (Å²) in [6.07, 6.45) is 1.47. The van der Waals surface area contributed by atoms with Crippen LogP contribution in [0.15, 0.2) is 54.6 Å². The third-order valence-electron chi connectivity index (χ3n) is 4.72. The number of aliphatic hydroxyl groups excluding tert-OH is 1. The molecule has 1 heterocycles. The first kappa shape index (κ1) is 18.4. The fourth-order valence-corrected chi connectivity index (χ4v) is 3.12. The van der Waals surface area contributed by atoms with Gasteiger partial charge in [-0.1, -0.05) is 42.5 Å². The van der Waals surface area contributed by atoms with Gasteiger partial charge in [-0.15, -0.1) is 0 Å². The van der Waals surface area contributed by atoms with Gasteiger partial charge >= 0.3 is 0 Å². The Kier molecular flexibility index (Phi) is 6.26. The molecule has 1 unspecified atom stereocenters. The van der Waals surface area contributed by atoms with E-state index in [4.69, 9.17) is 10.5 Å². The Morgan fingerprint density at radius 2 is 1.73 bits per heavy atom. The van der Waals surface area contributed by atoms with E-state index >= 15 is 0 Å². The molecule has 0 saturated carbocycles. The van der Waals surface area contributed by atoms with Gasteiger partial charge < -0.3 is 20.5 Å². The fraction of sp³-hybridized carbons (Fsp3) is 0.381. The lowest BCUT2D eigenvalue weighted by atomic mass is 10.0. The van der Waals surface area contributed by atoms with Crippen LogP contribution in [0.5, 0.6) is 5.75 Å². The van der Waals surface area contributed by atoms with Gasteiger partial charge in [0.25, 0.3) is 0 Å². The molecular formula is C21H26N2O3. The number of hydrogen-bond donors (Lipinski definition) is 2. The molecule has 3 rings (SSSR count). The molecule has 5 nitrogen and oxygen atoms in total. The zero-order chi connectivity index (χ0) is 18.4. The second-order valence-corrected chi connectivity index (χ2v) is 6.79. The first-order valence-corrected chi connectivity index (χ1v) is 9.10. The zero-order valence-electron chi connectivity index (χ0n) is 14.9. The molecule has 1 atom stereocenters. The van der Waals surface area contributed by atoms with Crippen LogP contribution in [-0.2, 0) is 17.8 Å². The number of nitrogens with zero attached hydrogens (tertiary/aromatic N) is 1. The minimum Gasteiger partial charge on any atom is -0.489 e. The molecule has 0 aromatic heterocycles. The number of aliphatic hydroxyl groups is 1. The van der Waals surface area contributed by atoms with Gasteiger partial charge in [0.15, 0.2) is 0 Å². The number of ether oxygens (including phenoxy) is 1. The largest absolute Gasteiger partial charge is 0.489 e. The molecule has 0 aliphatic carbocycles. The van der Waals surface area contributed by atoms with Gasteiger partial charge in [-0.25, -0.2) is 0 Å². The van der Waals surface area contributed by atoms with Crippen molar-refractivity contribution < 1.29 is 14.6 Å². The van der Waals surface area contributed by atoms with E-state index in [1.165, 1.54) is 0 Å². The highest BCUT2D eigenvalue weighted by atomic mass is 16.5. The van der Waals surface area contributed by atoms with Gasteiger partial charge in [-0.2, -0.15) is 0 Å². The third-order valence-corrected chi connectivity index (χ3v) is 4.72. The molecule has 5 heteroatoms. The highest BCUT2D eigenvalue weighted by molar-refractivity contribution is 5.82. The van der Waals surface area contributed by atoms with Crippen molar-refractivity contribution in [2.45, 2.75) is 38.0 Å². The Balaban J connectivity index is 1.49. The van der Waals surface area contributed by atoms with E-state index in [1.807, 2.05) is 54.6 Å². The maximum atomic E-state index is 12.4. The fourth-order valence-electron chi connectivity index (χ4n) is 3.12. The molecule has 0 spiro atoms. The van der Waals surface area contributed by atoms with E-state index in [9.17, 15) is 9.90 Å². The van der Waals surface area contributed by atoms with Crippen LogP contribution in [0.1, 0.15) is 24.0 Å². The summed E-state index contributed by atoms with van der Waals surface area (Å²) in [5, 5.41) is 9.54. The van der Waals surface area contributed by atoms with E-state index in [0.717, 1.165) is 16.9 Å². The van der Waals surface area contributed by atoms with E-state index < -0.39 is 6.04 Å². The second-order valence-electron chi connectivity index (χ2n) is 6.79. The summed E-state index contributed by atoms with van der Waals surface area (Å²) in [5.41, 5.74) is 8.23. The van der Waals surface area contributed by atoms with Gasteiger partial charge in [0.05, 0.1) is 12.1 Å². The topological polar surface area (TPSA) is 75.8 Å². The number of carbonyl (C=O) groups is 1. The van der Waals surface area contributed by atoms with E-state index in [0.29, 0.717) is 39.0 Å². The van der Waals surface area contributed by atoms with Crippen LogP contribution in [0.25, 0.3) is 0 Å². The summed E-state index contributed by atoms with van der Waals surface area (Å²) in [4.78, 5) is 14.2. The first-order valence-electron chi connectivity index (χ1n) is 9.10. The molecule has 26 heavy (non-hydrogen) atoms. The molecule has 1 amide bonds. The van der Waals surface area contributed by atoms with Crippen LogP contribution < -0.4 is 10.5 Å². The predicted molar refractivity (Wildman–Crippen MR) is 101 cm³/mol. The van der Waals surface area contributed by atoms with Gasteiger partial charge in [0.2, 0.25) is 5.91 Å². The smallest absolute Gasteiger partial charge is 0.239 e. The third kappa shape index (κ3) is 5.07. The van der Waals surface area contributed by atoms with Crippen molar-refractivity contribution in [3.63, 3.8) is 0 Å². The summed E-state index contributed by atoms with van der Waals surface area (Å²) in [7, 11) is 0. The molecule has 1 aliphatic rings. The van der Waals surface area contributed by atoms with Crippen LogP contribution in [-0.4, -0.2) is 41.1 Å². The summed E-state index contributed by atoms with van der Waals surface area (Å²) in [6.45, 7) is 1.69. The number of hydrogen-bond acceptors (Lipinski definition) is 4. The standard InChI is InChI=1S/C21H26N2O3/c22-20(21(25)23-12-10-18(24)11-13-23)14-16-6-8-19(9-7-16)26-15-17-4-2-1-3-5-17/h1-9,18,20,24H,10-15,22H2. The van der Waals surface area contributed by atoms with Crippen molar-refractivity contribution in [3.05, 3.63) is 65.7 Å². The van der Waals surface area contributed by atoms with Crippen LogP contribution in [0.2, 0.25) is 0 Å². The molecule has 1 aliphatic heterocycles. The number of rotatable bonds is 6. The lowest BCUT2D eigenvalue weighted by molar-refractivity contribution is -0.134. The van der Waals surface area contributed by atoms with Crippen molar-refractivity contribution in [3.8, 4) is 5.75 Å². The average Bonchev–Trinajstić information content (AvgIpc) is 2.68. The maximum Gasteiger partial charge on any atom is 0.239 e. The van der Waals surface area contributed by atoms with Crippen molar-refractivity contribution in [1.82, 2.24) is 4.90 Å². The van der Waals surface area contributed by atoms with Crippen LogP contribution in [0.4, 0.5) is 0 Å². The number of benzene rings is 2. The van der Waals surface area contributed by atoms with Gasteiger partial charge in [-0.3, -0.25) is 4.79 Å². The first-order chi connectivity index (χ1) is 12.6. The van der Waals surface area contributed by atoms with Gasteiger partial charge in [0.1, 0.15) is 12.4 Å². The van der Waals surface area contributed by atoms with Gasteiger partial charge in [0, 0.05) is 13.1 Å². The molecule has 1 saturated heterocycles. The predicted octanol–water partition coefficient (Wildman–Crippen LogP) is 2.12. The van der Waals surface area contributed by atoms with E-state index in [2.05, 4.69) is 0 Å². The van der Waals surface area contributed by atoms with Crippen molar-refractivity contribution in [2.75, 3.05) is 13.1 Å². The lowest BCUT2D eigenvalue weighted by Crippen LogP contribution is -2.48. The summed E-state index contributed by atoms with van der Waals surface area (Å²) in [6, 6.07) is 17.2. The lowest BCUT2D eigenvalue weighted by Gasteiger charge is -2.31. The monoisotopic (exact) mass is 354 g/mol. The highest BCUT2D eigenvalue weighted by Crippen LogP contribution is 2.16. The molecule has 0 radical (unpaired) electrons. The van der Waals surface area contributed by atoms with Crippen LogP contribution >= 0.6 is 0 Å². The molecular weight excluding hydrogens is 328 g/mol. The zero-order valence-corrected chi connectivity index (χ0v) is 14.9. The molecule has 2 aromatic carbocycles. The quantitative estimate of drug-likeness (QED) is 0.833. The van der Waals surface area contributed by atoms with Crippen molar-refractivity contribution in [1.29, 1.82) is 0 Å². The number of likely N-dealkylation sites (tertiary alicyclic amines) is 1.